The molecule has 0 saturated carbocycles. The Balaban J connectivity index is 1.65. The number of piperidine rings is 1. The Hall–Kier alpha value is -3.97. The molecule has 0 aromatic carbocycles. The van der Waals surface area contributed by atoms with Crippen LogP contribution >= 0.6 is 0 Å². The number of halogens is 5. The van der Waals surface area contributed by atoms with E-state index >= 15 is 0 Å². The molecule has 1 saturated heterocycles. The van der Waals surface area contributed by atoms with E-state index in [0.717, 1.165) is 12.3 Å². The van der Waals surface area contributed by atoms with Gasteiger partial charge in [-0.2, -0.15) is 18.3 Å². The van der Waals surface area contributed by atoms with Crippen molar-refractivity contribution in [1.82, 2.24) is 34.3 Å². The lowest BCUT2D eigenvalue weighted by molar-refractivity contribution is -0.141. The van der Waals surface area contributed by atoms with Crippen molar-refractivity contribution < 1.29 is 22.0 Å². The number of aryl methyl sites for hydroxylation is 2. The van der Waals surface area contributed by atoms with Gasteiger partial charge in [-0.1, -0.05) is 0 Å². The van der Waals surface area contributed by atoms with Gasteiger partial charge >= 0.3 is 6.18 Å². The molecule has 0 unspecified atom stereocenters. The molecule has 1 aliphatic rings. The average Bonchev–Trinajstić information content (AvgIpc) is 3.27. The van der Waals surface area contributed by atoms with Crippen molar-refractivity contribution >= 4 is 17.0 Å². The van der Waals surface area contributed by atoms with Gasteiger partial charge in [-0.25, -0.2) is 23.7 Å². The monoisotopic (exact) mass is 520 g/mol. The molecule has 4 aromatic rings. The lowest BCUT2D eigenvalue weighted by Crippen LogP contribution is -2.46. The van der Waals surface area contributed by atoms with Crippen LogP contribution < -0.4 is 10.5 Å². The minimum Gasteiger partial charge on any atom is -0.340 e. The van der Waals surface area contributed by atoms with Gasteiger partial charge in [0.05, 0.1) is 12.1 Å². The normalized spacial score (nSPS) is 17.9. The molecule has 5 heterocycles. The van der Waals surface area contributed by atoms with Crippen LogP contribution in [-0.2, 0) is 20.3 Å². The zero-order chi connectivity index (χ0) is 26.7. The van der Waals surface area contributed by atoms with E-state index in [9.17, 15) is 26.7 Å². The van der Waals surface area contributed by atoms with Gasteiger partial charge in [0.25, 0.3) is 11.5 Å². The number of fused-ring (bicyclic) bond motifs is 1. The predicted molar refractivity (Wildman–Crippen MR) is 123 cm³/mol. The zero-order valence-corrected chi connectivity index (χ0v) is 20.0. The molecule has 0 amide bonds. The lowest BCUT2D eigenvalue weighted by Gasteiger charge is -2.38. The van der Waals surface area contributed by atoms with Crippen LogP contribution in [0.2, 0.25) is 0 Å². The molecule has 0 spiro atoms. The highest BCUT2D eigenvalue weighted by Crippen LogP contribution is 2.41. The number of hydrogen-bond acceptors (Lipinski definition) is 7. The van der Waals surface area contributed by atoms with E-state index < -0.39 is 35.7 Å². The third-order valence-electron chi connectivity index (χ3n) is 6.50. The molecule has 0 N–H and O–H groups in total. The van der Waals surface area contributed by atoms with Crippen LogP contribution in [0, 0.1) is 6.92 Å². The van der Waals surface area contributed by atoms with E-state index in [1.54, 1.807) is 14.0 Å². The highest BCUT2D eigenvalue weighted by molar-refractivity contribution is 5.89. The molecule has 1 atom stereocenters. The fraction of sp³-hybridized carbons (Fsp3) is 0.391. The van der Waals surface area contributed by atoms with Crippen molar-refractivity contribution in [2.75, 3.05) is 18.0 Å². The van der Waals surface area contributed by atoms with Crippen molar-refractivity contribution in [1.29, 1.82) is 0 Å². The second-order valence-electron chi connectivity index (χ2n) is 8.98. The Morgan fingerprint density at radius 3 is 2.43 bits per heavy atom. The lowest BCUT2D eigenvalue weighted by atomic mass is 9.89. The second kappa shape index (κ2) is 8.56. The summed E-state index contributed by atoms with van der Waals surface area (Å²) in [4.78, 5) is 31.4. The first-order valence-corrected chi connectivity index (χ1v) is 11.3. The van der Waals surface area contributed by atoms with Gasteiger partial charge in [-0.3, -0.25) is 19.0 Å². The maximum Gasteiger partial charge on any atom is 0.433 e. The third kappa shape index (κ3) is 4.40. The highest BCUT2D eigenvalue weighted by Gasteiger charge is 2.46. The van der Waals surface area contributed by atoms with Crippen LogP contribution in [0.25, 0.3) is 22.3 Å². The summed E-state index contributed by atoms with van der Waals surface area (Å²) in [5.74, 6) is -3.88. The van der Waals surface area contributed by atoms with Gasteiger partial charge in [-0.15, -0.1) is 0 Å². The molecule has 4 aromatic heterocycles. The predicted octanol–water partition coefficient (Wildman–Crippen LogP) is 3.48. The number of nitrogens with zero attached hydrogens (tertiary/aromatic N) is 8. The van der Waals surface area contributed by atoms with Crippen LogP contribution in [0.15, 0.2) is 35.5 Å². The van der Waals surface area contributed by atoms with E-state index in [4.69, 9.17) is 0 Å². The number of aromatic nitrogens is 7. The number of rotatable bonds is 3. The van der Waals surface area contributed by atoms with Crippen molar-refractivity contribution in [3.05, 3.63) is 58.2 Å². The Labute approximate surface area is 206 Å². The maximum atomic E-state index is 14.9. The number of anilines is 1. The summed E-state index contributed by atoms with van der Waals surface area (Å²) >= 11 is 0. The molecule has 1 aliphatic heterocycles. The number of alkyl halides is 5. The minimum atomic E-state index is -4.64. The SMILES string of the molecule is Cc1nc2c(-c3ccc(C(F)(F)F)nc3)nc(N3CCC(F)(F)[C@@H](c4cnn(C)c4)C3)nc2c(=O)n1C. The summed E-state index contributed by atoms with van der Waals surface area (Å²) < 4.78 is 71.6. The summed E-state index contributed by atoms with van der Waals surface area (Å²) in [6.07, 6.45) is -1.24. The van der Waals surface area contributed by atoms with Crippen molar-refractivity contribution in [2.45, 2.75) is 31.4 Å². The molecule has 9 nitrogen and oxygen atoms in total. The zero-order valence-electron chi connectivity index (χ0n) is 20.0. The summed E-state index contributed by atoms with van der Waals surface area (Å²) in [6, 6.07) is 1.98. The molecule has 194 valence electrons. The first-order chi connectivity index (χ1) is 17.3. The van der Waals surface area contributed by atoms with E-state index in [2.05, 4.69) is 25.0 Å². The van der Waals surface area contributed by atoms with Crippen molar-refractivity contribution in [2.24, 2.45) is 14.1 Å². The van der Waals surface area contributed by atoms with Crippen LogP contribution in [0.3, 0.4) is 0 Å². The topological polar surface area (TPSA) is 94.6 Å². The fourth-order valence-corrected chi connectivity index (χ4v) is 4.34. The Morgan fingerprint density at radius 2 is 1.81 bits per heavy atom. The van der Waals surface area contributed by atoms with Gasteiger partial charge in [0, 0.05) is 57.1 Å². The molecular weight excluding hydrogens is 499 g/mol. The Bertz CT molecular complexity index is 1540. The van der Waals surface area contributed by atoms with Crippen molar-refractivity contribution in [3.63, 3.8) is 0 Å². The minimum absolute atomic E-state index is 0.00505. The van der Waals surface area contributed by atoms with Crippen LogP contribution in [0.1, 0.15) is 29.4 Å². The second-order valence-corrected chi connectivity index (χ2v) is 8.98. The van der Waals surface area contributed by atoms with Crippen LogP contribution in [-0.4, -0.2) is 53.3 Å². The smallest absolute Gasteiger partial charge is 0.340 e. The molecule has 0 bridgehead atoms. The molecular formula is C23H21F5N8O. The molecule has 1 fully saturated rings. The quantitative estimate of drug-likeness (QED) is 0.382. The summed E-state index contributed by atoms with van der Waals surface area (Å²) in [5.41, 5.74) is -0.991. The highest BCUT2D eigenvalue weighted by atomic mass is 19.4. The average molecular weight is 520 g/mol. The number of pyridine rings is 1. The first kappa shape index (κ1) is 24.7. The standard InChI is InChI=1S/C23H21F5N8O/c1-12-31-18-17(13-4-5-16(29-8-13)23(26,27)28)32-21(33-19(18)20(37)35(12)3)36-7-6-22(24,25)15(11-36)14-9-30-34(2)10-14/h4-5,8-10,15H,6-7,11H2,1-3H3/t15-/m1/s1. The third-order valence-corrected chi connectivity index (χ3v) is 6.50. The molecule has 37 heavy (non-hydrogen) atoms. The fourth-order valence-electron chi connectivity index (χ4n) is 4.34. The van der Waals surface area contributed by atoms with E-state index in [1.165, 1.54) is 39.7 Å². The van der Waals surface area contributed by atoms with E-state index in [-0.39, 0.29) is 41.3 Å². The summed E-state index contributed by atoms with van der Waals surface area (Å²) in [6.45, 7) is 1.34. The van der Waals surface area contributed by atoms with Crippen molar-refractivity contribution in [3.8, 4) is 11.3 Å². The van der Waals surface area contributed by atoms with E-state index in [1.807, 2.05) is 0 Å². The molecule has 5 rings (SSSR count). The largest absolute Gasteiger partial charge is 0.433 e. The molecule has 14 heteroatoms. The van der Waals surface area contributed by atoms with Crippen LogP contribution in [0.4, 0.5) is 27.9 Å². The molecule has 0 radical (unpaired) electrons. The molecule has 0 aliphatic carbocycles. The van der Waals surface area contributed by atoms with Gasteiger partial charge in [0.2, 0.25) is 5.95 Å². The van der Waals surface area contributed by atoms with E-state index in [0.29, 0.717) is 11.4 Å². The summed E-state index contributed by atoms with van der Waals surface area (Å²) in [7, 11) is 3.13. The summed E-state index contributed by atoms with van der Waals surface area (Å²) in [5, 5.41) is 4.00. The van der Waals surface area contributed by atoms with Gasteiger partial charge in [0.1, 0.15) is 22.7 Å². The van der Waals surface area contributed by atoms with Gasteiger partial charge in [-0.05, 0) is 19.1 Å². The first-order valence-electron chi connectivity index (χ1n) is 11.3. The van der Waals surface area contributed by atoms with Crippen LogP contribution in [0.5, 0.6) is 0 Å². The number of hydrogen-bond donors (Lipinski definition) is 0. The Kier molecular flexibility index (Phi) is 5.72. The maximum absolute atomic E-state index is 14.9. The Morgan fingerprint density at radius 1 is 1.05 bits per heavy atom. The van der Waals surface area contributed by atoms with Gasteiger partial charge < -0.3 is 4.90 Å². The van der Waals surface area contributed by atoms with Gasteiger partial charge in [0.15, 0.2) is 5.52 Å².